The monoisotopic (exact) mass is 396 g/mol. The molecule has 1 aliphatic heterocycles. The second kappa shape index (κ2) is 7.51. The standard InChI is InChI=1S/C19H15F3O6/c1-26-17-14(8-23)12-7-16(24)28-18(25)13(12)6-15(17)27-9-10-2-4-11(5-3-10)19(20,21)22/h2-6,8,16,24H,7,9H2,1H3. The Kier molecular flexibility index (Phi) is 5.28. The van der Waals surface area contributed by atoms with Crippen molar-refractivity contribution < 1.29 is 42.1 Å². The molecule has 0 bridgehead atoms. The van der Waals surface area contributed by atoms with Gasteiger partial charge in [-0.05, 0) is 29.3 Å². The van der Waals surface area contributed by atoms with Gasteiger partial charge >= 0.3 is 12.1 Å². The van der Waals surface area contributed by atoms with Gasteiger partial charge in [-0.2, -0.15) is 13.2 Å². The Morgan fingerprint density at radius 3 is 2.54 bits per heavy atom. The number of aliphatic hydroxyl groups excluding tert-OH is 1. The SMILES string of the molecule is COc1c(OCc2ccc(C(F)(F)F)cc2)cc2c(c1C=O)CC(O)OC2=O. The number of hydrogen-bond acceptors (Lipinski definition) is 6. The van der Waals surface area contributed by atoms with Gasteiger partial charge in [0.2, 0.25) is 6.29 Å². The number of methoxy groups -OCH3 is 1. The van der Waals surface area contributed by atoms with E-state index in [0.717, 1.165) is 12.1 Å². The van der Waals surface area contributed by atoms with Crippen LogP contribution in [0.1, 0.15) is 37.4 Å². The maximum Gasteiger partial charge on any atom is 0.416 e. The molecule has 0 amide bonds. The fraction of sp³-hybridized carbons (Fsp3) is 0.263. The highest BCUT2D eigenvalue weighted by molar-refractivity contribution is 5.97. The van der Waals surface area contributed by atoms with Crippen molar-refractivity contribution in [2.45, 2.75) is 25.5 Å². The Balaban J connectivity index is 1.91. The molecule has 0 saturated carbocycles. The normalized spacial score (nSPS) is 16.2. The molecule has 9 heteroatoms. The molecule has 3 rings (SSSR count). The van der Waals surface area contributed by atoms with Crippen LogP contribution in [0.4, 0.5) is 13.2 Å². The molecule has 0 aliphatic carbocycles. The van der Waals surface area contributed by atoms with E-state index in [9.17, 15) is 27.9 Å². The lowest BCUT2D eigenvalue weighted by Crippen LogP contribution is -2.28. The summed E-state index contributed by atoms with van der Waals surface area (Å²) >= 11 is 0. The highest BCUT2D eigenvalue weighted by Crippen LogP contribution is 2.38. The van der Waals surface area contributed by atoms with E-state index >= 15 is 0 Å². The van der Waals surface area contributed by atoms with Crippen LogP contribution in [0.25, 0.3) is 0 Å². The first-order valence-corrected chi connectivity index (χ1v) is 8.11. The Morgan fingerprint density at radius 2 is 1.96 bits per heavy atom. The number of alkyl halides is 3. The van der Waals surface area contributed by atoms with E-state index in [4.69, 9.17) is 14.2 Å². The number of benzene rings is 2. The molecule has 2 aromatic rings. The number of halogens is 3. The fourth-order valence-electron chi connectivity index (χ4n) is 2.90. The summed E-state index contributed by atoms with van der Waals surface area (Å²) in [5.74, 6) is -0.710. The van der Waals surface area contributed by atoms with Crippen LogP contribution in [0.2, 0.25) is 0 Å². The molecule has 6 nitrogen and oxygen atoms in total. The van der Waals surface area contributed by atoms with Gasteiger partial charge in [-0.25, -0.2) is 4.79 Å². The van der Waals surface area contributed by atoms with Crippen LogP contribution >= 0.6 is 0 Å². The highest BCUT2D eigenvalue weighted by Gasteiger charge is 2.32. The molecule has 1 atom stereocenters. The predicted octanol–water partition coefficient (Wildman–Crippen LogP) is 3.14. The Morgan fingerprint density at radius 1 is 1.29 bits per heavy atom. The zero-order valence-corrected chi connectivity index (χ0v) is 14.6. The second-order valence-corrected chi connectivity index (χ2v) is 6.01. The molecule has 28 heavy (non-hydrogen) atoms. The van der Waals surface area contributed by atoms with E-state index in [0.29, 0.717) is 11.8 Å². The molecule has 2 aromatic carbocycles. The van der Waals surface area contributed by atoms with Gasteiger partial charge in [0.05, 0.1) is 23.8 Å². The number of aliphatic hydroxyl groups is 1. The minimum absolute atomic E-state index is 0.0399. The van der Waals surface area contributed by atoms with Gasteiger partial charge < -0.3 is 19.3 Å². The number of fused-ring (bicyclic) bond motifs is 1. The predicted molar refractivity (Wildman–Crippen MR) is 89.3 cm³/mol. The number of hydrogen-bond donors (Lipinski definition) is 1. The summed E-state index contributed by atoms with van der Waals surface area (Å²) in [6, 6.07) is 5.70. The Bertz CT molecular complexity index is 905. The zero-order chi connectivity index (χ0) is 20.5. The maximum absolute atomic E-state index is 12.6. The summed E-state index contributed by atoms with van der Waals surface area (Å²) in [5.41, 5.74) is 0.0248. The van der Waals surface area contributed by atoms with E-state index in [1.165, 1.54) is 25.3 Å². The average molecular weight is 396 g/mol. The van der Waals surface area contributed by atoms with E-state index in [1.54, 1.807) is 0 Å². The zero-order valence-electron chi connectivity index (χ0n) is 14.6. The molecule has 0 spiro atoms. The van der Waals surface area contributed by atoms with Crippen molar-refractivity contribution in [1.82, 2.24) is 0 Å². The van der Waals surface area contributed by atoms with Crippen molar-refractivity contribution in [3.63, 3.8) is 0 Å². The van der Waals surface area contributed by atoms with E-state index in [-0.39, 0.29) is 41.2 Å². The number of ether oxygens (including phenoxy) is 3. The number of carbonyl (C=O) groups excluding carboxylic acids is 2. The summed E-state index contributed by atoms with van der Waals surface area (Å²) in [5, 5.41) is 9.60. The van der Waals surface area contributed by atoms with Crippen LogP contribution in [0, 0.1) is 0 Å². The van der Waals surface area contributed by atoms with Crippen LogP contribution in [0.5, 0.6) is 11.5 Å². The molecular formula is C19H15F3O6. The lowest BCUT2D eigenvalue weighted by Gasteiger charge is -2.24. The van der Waals surface area contributed by atoms with Gasteiger partial charge in [-0.15, -0.1) is 0 Å². The van der Waals surface area contributed by atoms with Gasteiger partial charge in [0.25, 0.3) is 0 Å². The average Bonchev–Trinajstić information content (AvgIpc) is 2.65. The summed E-state index contributed by atoms with van der Waals surface area (Å²) in [7, 11) is 1.30. The third kappa shape index (κ3) is 3.79. The van der Waals surface area contributed by atoms with Crippen LogP contribution in [-0.4, -0.2) is 30.8 Å². The van der Waals surface area contributed by atoms with Gasteiger partial charge in [0.1, 0.15) is 6.61 Å². The summed E-state index contributed by atoms with van der Waals surface area (Å²) in [6.07, 6.45) is -5.41. The molecule has 0 saturated heterocycles. The minimum atomic E-state index is -4.44. The van der Waals surface area contributed by atoms with Crippen molar-refractivity contribution >= 4 is 12.3 Å². The van der Waals surface area contributed by atoms with Crippen molar-refractivity contribution in [1.29, 1.82) is 0 Å². The van der Waals surface area contributed by atoms with Crippen molar-refractivity contribution in [2.24, 2.45) is 0 Å². The first-order valence-electron chi connectivity index (χ1n) is 8.11. The number of cyclic esters (lactones) is 1. The molecule has 0 radical (unpaired) electrons. The Hall–Kier alpha value is -3.07. The van der Waals surface area contributed by atoms with Crippen LogP contribution in [0.15, 0.2) is 30.3 Å². The Labute approximate surface area is 157 Å². The number of rotatable bonds is 5. The maximum atomic E-state index is 12.6. The molecule has 148 valence electrons. The number of aldehydes is 1. The molecule has 1 unspecified atom stereocenters. The largest absolute Gasteiger partial charge is 0.492 e. The lowest BCUT2D eigenvalue weighted by molar-refractivity contribution is -0.137. The minimum Gasteiger partial charge on any atom is -0.492 e. The van der Waals surface area contributed by atoms with Crippen molar-refractivity contribution in [2.75, 3.05) is 7.11 Å². The molecule has 1 N–H and O–H groups in total. The van der Waals surface area contributed by atoms with E-state index in [2.05, 4.69) is 0 Å². The van der Waals surface area contributed by atoms with Crippen LogP contribution in [-0.2, 0) is 23.9 Å². The first-order chi connectivity index (χ1) is 13.2. The molecule has 0 aromatic heterocycles. The number of esters is 1. The summed E-state index contributed by atoms with van der Waals surface area (Å²) in [4.78, 5) is 23.6. The fourth-order valence-corrected chi connectivity index (χ4v) is 2.90. The van der Waals surface area contributed by atoms with Gasteiger partial charge in [-0.3, -0.25) is 4.79 Å². The first kappa shape index (κ1) is 19.7. The van der Waals surface area contributed by atoms with E-state index < -0.39 is 24.0 Å². The third-order valence-corrected chi connectivity index (χ3v) is 4.23. The molecular weight excluding hydrogens is 381 g/mol. The van der Waals surface area contributed by atoms with Crippen LogP contribution in [0.3, 0.4) is 0 Å². The summed E-state index contributed by atoms with van der Waals surface area (Å²) < 4.78 is 53.5. The van der Waals surface area contributed by atoms with Gasteiger partial charge in [0.15, 0.2) is 17.8 Å². The molecule has 1 heterocycles. The van der Waals surface area contributed by atoms with Crippen molar-refractivity contribution in [3.8, 4) is 11.5 Å². The third-order valence-electron chi connectivity index (χ3n) is 4.23. The molecule has 0 fully saturated rings. The van der Waals surface area contributed by atoms with Gasteiger partial charge in [0, 0.05) is 6.42 Å². The quantitative estimate of drug-likeness (QED) is 0.618. The van der Waals surface area contributed by atoms with Gasteiger partial charge in [-0.1, -0.05) is 12.1 Å². The molecule has 1 aliphatic rings. The summed E-state index contributed by atoms with van der Waals surface area (Å²) in [6.45, 7) is -0.122. The van der Waals surface area contributed by atoms with Crippen LogP contribution < -0.4 is 9.47 Å². The topological polar surface area (TPSA) is 82.1 Å². The smallest absolute Gasteiger partial charge is 0.416 e. The highest BCUT2D eigenvalue weighted by atomic mass is 19.4. The second-order valence-electron chi connectivity index (χ2n) is 6.01. The van der Waals surface area contributed by atoms with E-state index in [1.807, 2.05) is 0 Å². The lowest BCUT2D eigenvalue weighted by atomic mass is 9.95. The number of carbonyl (C=O) groups is 2. The van der Waals surface area contributed by atoms with Crippen molar-refractivity contribution in [3.05, 3.63) is 58.1 Å².